The molecule has 21 heteroatoms. The Hall–Kier alpha value is -5.21. The van der Waals surface area contributed by atoms with Crippen molar-refractivity contribution in [1.82, 2.24) is 31.9 Å². The lowest BCUT2D eigenvalue weighted by atomic mass is 10.1. The first-order valence-corrected chi connectivity index (χ1v) is 12.9. The Bertz CT molecular complexity index is 1040. The van der Waals surface area contributed by atoms with Gasteiger partial charge >= 0.3 is 5.97 Å². The standard InChI is InChI=1S/C22H41N13O8/c23-12(3-1-5-28-21(24)25)19(42)35-13(4-2-6-29-22(26)27)20(43)34-10-17(39)32-8-15(37)30-7-14(36)31-9-16(38)33-11-18(40)41/h12-13H,1-11,23H2,(H,30,37)(H,31,36)(H,32,39)(H,33,38)(H,34,43)(H,35,42)(H,40,41)(H4,24,25,28)(H4,26,27,29). The number of carboxylic acid groups (broad SMARTS) is 1. The number of rotatable bonds is 21. The number of hydrogen-bond acceptors (Lipinski definition) is 10. The van der Waals surface area contributed by atoms with Crippen molar-refractivity contribution in [3.05, 3.63) is 0 Å². The normalized spacial score (nSPS) is 11.5. The second-order valence-corrected chi connectivity index (χ2v) is 8.78. The summed E-state index contributed by atoms with van der Waals surface area (Å²) in [5, 5.41) is 22.0. The molecule has 0 rings (SSSR count). The summed E-state index contributed by atoms with van der Waals surface area (Å²) < 4.78 is 0. The summed E-state index contributed by atoms with van der Waals surface area (Å²) in [5.41, 5.74) is 27.0. The fourth-order valence-corrected chi connectivity index (χ4v) is 2.95. The molecule has 2 atom stereocenters. The quantitative estimate of drug-likeness (QED) is 0.0324. The summed E-state index contributed by atoms with van der Waals surface area (Å²) in [7, 11) is 0. The van der Waals surface area contributed by atoms with Crippen molar-refractivity contribution in [3.8, 4) is 0 Å². The minimum Gasteiger partial charge on any atom is -0.480 e. The van der Waals surface area contributed by atoms with E-state index >= 15 is 0 Å². The fourth-order valence-electron chi connectivity index (χ4n) is 2.95. The summed E-state index contributed by atoms with van der Waals surface area (Å²) >= 11 is 0. The average molecular weight is 616 g/mol. The lowest BCUT2D eigenvalue weighted by Gasteiger charge is -2.20. The molecule has 0 aliphatic rings. The number of carboxylic acids is 1. The Kier molecular flexibility index (Phi) is 18.9. The second kappa shape index (κ2) is 21.5. The van der Waals surface area contributed by atoms with Gasteiger partial charge in [-0.15, -0.1) is 0 Å². The predicted octanol–water partition coefficient (Wildman–Crippen LogP) is -7.43. The molecule has 0 saturated carbocycles. The molecule has 0 radical (unpaired) electrons. The molecule has 242 valence electrons. The zero-order valence-electron chi connectivity index (χ0n) is 23.5. The Balaban J connectivity index is 4.65. The predicted molar refractivity (Wildman–Crippen MR) is 152 cm³/mol. The zero-order chi connectivity index (χ0) is 32.8. The van der Waals surface area contributed by atoms with Crippen molar-refractivity contribution in [2.45, 2.75) is 37.8 Å². The number of carbonyl (C=O) groups excluding carboxylic acids is 6. The number of aliphatic imine (C=N–C) groups is 2. The van der Waals surface area contributed by atoms with Crippen LogP contribution in [-0.4, -0.2) is 116 Å². The van der Waals surface area contributed by atoms with Gasteiger partial charge in [-0.3, -0.25) is 43.5 Å². The maximum absolute atomic E-state index is 12.7. The third-order valence-electron chi connectivity index (χ3n) is 5.08. The molecule has 0 aliphatic carbocycles. The van der Waals surface area contributed by atoms with Crippen molar-refractivity contribution >= 4 is 53.3 Å². The van der Waals surface area contributed by atoms with E-state index in [1.807, 2.05) is 5.32 Å². The van der Waals surface area contributed by atoms with Gasteiger partial charge in [-0.25, -0.2) is 0 Å². The Morgan fingerprint density at radius 1 is 0.581 bits per heavy atom. The molecule has 0 heterocycles. The van der Waals surface area contributed by atoms with Crippen molar-refractivity contribution < 1.29 is 38.7 Å². The van der Waals surface area contributed by atoms with Crippen LogP contribution in [0.3, 0.4) is 0 Å². The van der Waals surface area contributed by atoms with Crippen molar-refractivity contribution in [1.29, 1.82) is 0 Å². The van der Waals surface area contributed by atoms with Gasteiger partial charge in [0, 0.05) is 13.1 Å². The van der Waals surface area contributed by atoms with Crippen LogP contribution in [0.1, 0.15) is 25.7 Å². The topological polar surface area (TPSA) is 367 Å². The number of nitrogens with two attached hydrogens (primary N) is 5. The highest BCUT2D eigenvalue weighted by Crippen LogP contribution is 2.02. The summed E-state index contributed by atoms with van der Waals surface area (Å²) in [6.45, 7) is -2.26. The molecule has 21 nitrogen and oxygen atoms in total. The second-order valence-electron chi connectivity index (χ2n) is 8.78. The van der Waals surface area contributed by atoms with Gasteiger partial charge in [-0.1, -0.05) is 0 Å². The highest BCUT2D eigenvalue weighted by Gasteiger charge is 2.24. The number of nitrogens with zero attached hydrogens (tertiary/aromatic N) is 2. The van der Waals surface area contributed by atoms with Gasteiger partial charge in [0.2, 0.25) is 35.4 Å². The van der Waals surface area contributed by atoms with Crippen LogP contribution in [0.4, 0.5) is 0 Å². The molecular weight excluding hydrogens is 574 g/mol. The van der Waals surface area contributed by atoms with Gasteiger partial charge < -0.3 is 65.7 Å². The van der Waals surface area contributed by atoms with Crippen LogP contribution in [0.15, 0.2) is 9.98 Å². The van der Waals surface area contributed by atoms with Crippen LogP contribution in [0.25, 0.3) is 0 Å². The molecule has 0 bridgehead atoms. The van der Waals surface area contributed by atoms with E-state index in [0.29, 0.717) is 12.8 Å². The third kappa shape index (κ3) is 21.2. The first kappa shape index (κ1) is 37.8. The van der Waals surface area contributed by atoms with E-state index in [9.17, 15) is 33.6 Å². The summed E-state index contributed by atoms with van der Waals surface area (Å²) in [5.74, 6) is -5.78. The van der Waals surface area contributed by atoms with Crippen LogP contribution in [-0.2, 0) is 33.6 Å². The van der Waals surface area contributed by atoms with Crippen molar-refractivity contribution in [3.63, 3.8) is 0 Å². The minimum absolute atomic E-state index is 0.0948. The molecule has 0 aromatic carbocycles. The molecule has 0 aromatic rings. The number of aliphatic carboxylic acids is 1. The van der Waals surface area contributed by atoms with E-state index in [1.165, 1.54) is 0 Å². The van der Waals surface area contributed by atoms with Crippen LogP contribution in [0.5, 0.6) is 0 Å². The highest BCUT2D eigenvalue weighted by molar-refractivity contribution is 5.93. The van der Waals surface area contributed by atoms with E-state index < -0.39 is 86.2 Å². The Morgan fingerprint density at radius 2 is 0.977 bits per heavy atom. The molecule has 0 aromatic heterocycles. The molecule has 2 unspecified atom stereocenters. The van der Waals surface area contributed by atoms with Gasteiger partial charge in [0.15, 0.2) is 11.9 Å². The molecule has 6 amide bonds. The third-order valence-corrected chi connectivity index (χ3v) is 5.08. The van der Waals surface area contributed by atoms with E-state index in [4.69, 9.17) is 33.8 Å². The fraction of sp³-hybridized carbons (Fsp3) is 0.591. The van der Waals surface area contributed by atoms with Crippen molar-refractivity contribution in [2.24, 2.45) is 38.7 Å². The number of guanidine groups is 2. The summed E-state index contributed by atoms with van der Waals surface area (Å²) in [6, 6.07) is -2.04. The number of hydrogen-bond donors (Lipinski definition) is 12. The molecule has 0 spiro atoms. The monoisotopic (exact) mass is 615 g/mol. The highest BCUT2D eigenvalue weighted by atomic mass is 16.4. The Labute approximate surface area is 246 Å². The molecule has 17 N–H and O–H groups in total. The SMILES string of the molecule is NC(N)=NCCCC(N)C(=O)NC(CCCN=C(N)N)C(=O)NCC(=O)NCC(=O)NCC(=O)NCC(=O)NCC(=O)O. The minimum atomic E-state index is -1.26. The molecule has 0 saturated heterocycles. The zero-order valence-corrected chi connectivity index (χ0v) is 23.5. The molecule has 0 fully saturated rings. The summed E-state index contributed by atoms with van der Waals surface area (Å²) in [4.78, 5) is 90.2. The summed E-state index contributed by atoms with van der Waals surface area (Å²) in [6.07, 6.45) is 1.07. The molecule has 0 aliphatic heterocycles. The smallest absolute Gasteiger partial charge is 0.322 e. The van der Waals surface area contributed by atoms with Gasteiger partial charge in [0.05, 0.1) is 32.2 Å². The number of nitrogens with one attached hydrogen (secondary N) is 6. The average Bonchev–Trinajstić information content (AvgIpc) is 2.94. The van der Waals surface area contributed by atoms with Gasteiger partial charge in [-0.05, 0) is 25.7 Å². The largest absolute Gasteiger partial charge is 0.480 e. The number of carbonyl (C=O) groups is 7. The molecule has 43 heavy (non-hydrogen) atoms. The Morgan fingerprint density at radius 3 is 1.40 bits per heavy atom. The van der Waals surface area contributed by atoms with Gasteiger partial charge in [-0.2, -0.15) is 0 Å². The van der Waals surface area contributed by atoms with Crippen LogP contribution in [0.2, 0.25) is 0 Å². The van der Waals surface area contributed by atoms with E-state index in [1.54, 1.807) is 0 Å². The number of amides is 6. The van der Waals surface area contributed by atoms with E-state index in [-0.39, 0.29) is 37.9 Å². The maximum atomic E-state index is 12.7. The van der Waals surface area contributed by atoms with Crippen LogP contribution < -0.4 is 60.6 Å². The maximum Gasteiger partial charge on any atom is 0.322 e. The first-order chi connectivity index (χ1) is 20.2. The lowest BCUT2D eigenvalue weighted by Crippen LogP contribution is -2.53. The van der Waals surface area contributed by atoms with Crippen LogP contribution in [0, 0.1) is 0 Å². The van der Waals surface area contributed by atoms with Crippen molar-refractivity contribution in [2.75, 3.05) is 45.8 Å². The van der Waals surface area contributed by atoms with E-state index in [0.717, 1.165) is 0 Å². The van der Waals surface area contributed by atoms with E-state index in [2.05, 4.69) is 36.6 Å². The first-order valence-electron chi connectivity index (χ1n) is 12.9. The van der Waals surface area contributed by atoms with Crippen LogP contribution >= 0.6 is 0 Å². The lowest BCUT2D eigenvalue weighted by molar-refractivity contribution is -0.137. The molecular formula is C22H41N13O8. The van der Waals surface area contributed by atoms with Gasteiger partial charge in [0.1, 0.15) is 12.6 Å². The van der Waals surface area contributed by atoms with Gasteiger partial charge in [0.25, 0.3) is 0 Å².